The second-order valence-electron chi connectivity index (χ2n) is 5.42. The number of nitrogens with two attached hydrogens (primary N) is 1. The summed E-state index contributed by atoms with van der Waals surface area (Å²) in [7, 11) is 2.14. The molecule has 1 aromatic carbocycles. The van der Waals surface area contributed by atoms with E-state index in [1.54, 1.807) is 0 Å². The number of hydrogen-bond acceptors (Lipinski definition) is 2. The van der Waals surface area contributed by atoms with E-state index in [-0.39, 0.29) is 6.04 Å². The smallest absolute Gasteiger partial charge is 0.0375 e. The van der Waals surface area contributed by atoms with Crippen LogP contribution in [0.2, 0.25) is 0 Å². The van der Waals surface area contributed by atoms with Crippen LogP contribution in [0.15, 0.2) is 22.7 Å². The molecule has 102 valence electrons. The average Bonchev–Trinajstić information content (AvgIpc) is 2.30. The van der Waals surface area contributed by atoms with E-state index in [0.717, 1.165) is 19.4 Å². The van der Waals surface area contributed by atoms with Crippen LogP contribution in [0.25, 0.3) is 0 Å². The molecule has 1 rings (SSSR count). The molecule has 1 atom stereocenters. The van der Waals surface area contributed by atoms with Crippen molar-refractivity contribution in [2.75, 3.05) is 18.5 Å². The maximum Gasteiger partial charge on any atom is 0.0375 e. The van der Waals surface area contributed by atoms with E-state index in [9.17, 15) is 0 Å². The Morgan fingerprint density at radius 3 is 2.50 bits per heavy atom. The lowest BCUT2D eigenvalue weighted by atomic mass is 10.0. The molecule has 2 nitrogen and oxygen atoms in total. The summed E-state index contributed by atoms with van der Waals surface area (Å²) >= 11 is 3.66. The molecule has 1 unspecified atom stereocenters. The molecule has 3 heteroatoms. The van der Waals surface area contributed by atoms with Crippen molar-refractivity contribution in [1.82, 2.24) is 0 Å². The Morgan fingerprint density at radius 1 is 1.33 bits per heavy atom. The molecule has 0 radical (unpaired) electrons. The fraction of sp³-hybridized carbons (Fsp3) is 0.600. The summed E-state index contributed by atoms with van der Waals surface area (Å²) in [6, 6.07) is 6.82. The summed E-state index contributed by atoms with van der Waals surface area (Å²) in [5, 5.41) is 0. The van der Waals surface area contributed by atoms with Gasteiger partial charge in [-0.1, -0.05) is 42.8 Å². The van der Waals surface area contributed by atoms with Crippen LogP contribution >= 0.6 is 15.9 Å². The zero-order chi connectivity index (χ0) is 13.7. The van der Waals surface area contributed by atoms with Gasteiger partial charge in [-0.05, 0) is 36.5 Å². The standard InChI is InChI=1S/C15H25BrN2/c1-5-13(17)8-12-6-7-14(9-15(12)16)18(4)10-11(2)3/h6-7,9,11,13H,5,8,10,17H2,1-4H3. The Hall–Kier alpha value is -0.540. The van der Waals surface area contributed by atoms with Gasteiger partial charge in [0.2, 0.25) is 0 Å². The number of benzene rings is 1. The molecular formula is C15H25BrN2. The van der Waals surface area contributed by atoms with Crippen LogP contribution in [0, 0.1) is 5.92 Å². The molecular weight excluding hydrogens is 288 g/mol. The second-order valence-corrected chi connectivity index (χ2v) is 6.28. The highest BCUT2D eigenvalue weighted by molar-refractivity contribution is 9.10. The first-order valence-electron chi connectivity index (χ1n) is 6.69. The normalized spacial score (nSPS) is 12.8. The van der Waals surface area contributed by atoms with E-state index in [1.165, 1.54) is 15.7 Å². The monoisotopic (exact) mass is 312 g/mol. The van der Waals surface area contributed by atoms with E-state index < -0.39 is 0 Å². The highest BCUT2D eigenvalue weighted by Crippen LogP contribution is 2.25. The van der Waals surface area contributed by atoms with Gasteiger partial charge in [-0.3, -0.25) is 0 Å². The maximum atomic E-state index is 6.01. The van der Waals surface area contributed by atoms with Crippen molar-refractivity contribution in [2.24, 2.45) is 11.7 Å². The Balaban J connectivity index is 2.78. The quantitative estimate of drug-likeness (QED) is 0.865. The first-order valence-corrected chi connectivity index (χ1v) is 7.48. The first kappa shape index (κ1) is 15.5. The largest absolute Gasteiger partial charge is 0.374 e. The van der Waals surface area contributed by atoms with Crippen LogP contribution in [0.5, 0.6) is 0 Å². The molecule has 0 fully saturated rings. The Kier molecular flexibility index (Phi) is 6.16. The SMILES string of the molecule is CCC(N)Cc1ccc(N(C)CC(C)C)cc1Br. The molecule has 0 saturated carbocycles. The highest BCUT2D eigenvalue weighted by atomic mass is 79.9. The molecule has 0 spiro atoms. The summed E-state index contributed by atoms with van der Waals surface area (Å²) in [4.78, 5) is 2.29. The van der Waals surface area contributed by atoms with Gasteiger partial charge in [-0.25, -0.2) is 0 Å². The van der Waals surface area contributed by atoms with Crippen molar-refractivity contribution in [2.45, 2.75) is 39.7 Å². The van der Waals surface area contributed by atoms with Crippen molar-refractivity contribution in [1.29, 1.82) is 0 Å². The molecule has 2 N–H and O–H groups in total. The zero-order valence-electron chi connectivity index (χ0n) is 11.9. The fourth-order valence-electron chi connectivity index (χ4n) is 2.02. The van der Waals surface area contributed by atoms with Gasteiger partial charge in [0, 0.05) is 29.8 Å². The molecule has 0 saturated heterocycles. The summed E-state index contributed by atoms with van der Waals surface area (Å²) in [6.45, 7) is 7.67. The van der Waals surface area contributed by atoms with Crippen LogP contribution in [0.3, 0.4) is 0 Å². The number of nitrogens with zero attached hydrogens (tertiary/aromatic N) is 1. The van der Waals surface area contributed by atoms with Gasteiger partial charge in [-0.15, -0.1) is 0 Å². The lowest BCUT2D eigenvalue weighted by Gasteiger charge is -2.22. The number of halogens is 1. The summed E-state index contributed by atoms with van der Waals surface area (Å²) in [5.74, 6) is 0.668. The van der Waals surface area contributed by atoms with Gasteiger partial charge >= 0.3 is 0 Å². The van der Waals surface area contributed by atoms with E-state index in [2.05, 4.69) is 66.8 Å². The van der Waals surface area contributed by atoms with E-state index in [0.29, 0.717) is 5.92 Å². The van der Waals surface area contributed by atoms with Crippen molar-refractivity contribution < 1.29 is 0 Å². The molecule has 0 aliphatic carbocycles. The van der Waals surface area contributed by atoms with Gasteiger partial charge < -0.3 is 10.6 Å². The van der Waals surface area contributed by atoms with Crippen LogP contribution < -0.4 is 10.6 Å². The lowest BCUT2D eigenvalue weighted by Crippen LogP contribution is -2.23. The highest BCUT2D eigenvalue weighted by Gasteiger charge is 2.09. The predicted octanol–water partition coefficient (Wildman–Crippen LogP) is 3.82. The Labute approximate surface area is 120 Å². The van der Waals surface area contributed by atoms with Crippen LogP contribution in [0.4, 0.5) is 5.69 Å². The van der Waals surface area contributed by atoms with Crippen molar-refractivity contribution in [3.63, 3.8) is 0 Å². The van der Waals surface area contributed by atoms with Gasteiger partial charge in [0.15, 0.2) is 0 Å². The minimum Gasteiger partial charge on any atom is -0.374 e. The molecule has 1 aromatic rings. The van der Waals surface area contributed by atoms with Crippen molar-refractivity contribution in [3.8, 4) is 0 Å². The topological polar surface area (TPSA) is 29.3 Å². The van der Waals surface area contributed by atoms with Gasteiger partial charge in [0.05, 0.1) is 0 Å². The number of anilines is 1. The third-order valence-electron chi connectivity index (χ3n) is 3.12. The summed E-state index contributed by atoms with van der Waals surface area (Å²) in [5.41, 5.74) is 8.56. The fourth-order valence-corrected chi connectivity index (χ4v) is 2.55. The average molecular weight is 313 g/mol. The van der Waals surface area contributed by atoms with E-state index >= 15 is 0 Å². The predicted molar refractivity (Wildman–Crippen MR) is 84.2 cm³/mol. The molecule has 18 heavy (non-hydrogen) atoms. The van der Waals surface area contributed by atoms with Gasteiger partial charge in [-0.2, -0.15) is 0 Å². The Bertz CT molecular complexity index is 377. The van der Waals surface area contributed by atoms with Crippen LogP contribution in [-0.4, -0.2) is 19.6 Å². The van der Waals surface area contributed by atoms with Crippen molar-refractivity contribution in [3.05, 3.63) is 28.2 Å². The molecule has 0 aliphatic rings. The van der Waals surface area contributed by atoms with Crippen LogP contribution in [-0.2, 0) is 6.42 Å². The first-order chi connectivity index (χ1) is 8.43. The summed E-state index contributed by atoms with van der Waals surface area (Å²) < 4.78 is 1.17. The zero-order valence-corrected chi connectivity index (χ0v) is 13.5. The number of hydrogen-bond donors (Lipinski definition) is 1. The molecule has 0 aromatic heterocycles. The second kappa shape index (κ2) is 7.15. The van der Waals surface area contributed by atoms with E-state index in [4.69, 9.17) is 5.73 Å². The van der Waals surface area contributed by atoms with E-state index in [1.807, 2.05) is 0 Å². The molecule has 0 amide bonds. The van der Waals surface area contributed by atoms with Gasteiger partial charge in [0.25, 0.3) is 0 Å². The summed E-state index contributed by atoms with van der Waals surface area (Å²) in [6.07, 6.45) is 1.95. The lowest BCUT2D eigenvalue weighted by molar-refractivity contribution is 0.637. The van der Waals surface area contributed by atoms with Crippen molar-refractivity contribution >= 4 is 21.6 Å². The third-order valence-corrected chi connectivity index (χ3v) is 3.86. The number of rotatable bonds is 6. The van der Waals surface area contributed by atoms with Gasteiger partial charge in [0.1, 0.15) is 0 Å². The maximum absolute atomic E-state index is 6.01. The molecule has 0 aliphatic heterocycles. The van der Waals surface area contributed by atoms with Crippen LogP contribution in [0.1, 0.15) is 32.8 Å². The molecule has 0 heterocycles. The minimum absolute atomic E-state index is 0.251. The minimum atomic E-state index is 0.251. The molecule has 0 bridgehead atoms. The Morgan fingerprint density at radius 2 is 2.00 bits per heavy atom. The third kappa shape index (κ3) is 4.62.